The van der Waals surface area contributed by atoms with E-state index in [1.54, 1.807) is 18.2 Å². The molecular formula is C21H22BrN3O4. The normalized spacial score (nSPS) is 18.1. The van der Waals surface area contributed by atoms with Gasteiger partial charge in [-0.05, 0) is 59.1 Å². The number of para-hydroxylation sites is 1. The molecule has 152 valence electrons. The number of hydroxylamine groups is 3. The fraction of sp³-hybridized carbons (Fsp3) is 0.286. The molecule has 1 amide bonds. The highest BCUT2D eigenvalue weighted by atomic mass is 79.9. The van der Waals surface area contributed by atoms with Crippen LogP contribution in [0.25, 0.3) is 5.70 Å². The Balaban J connectivity index is 1.34. The van der Waals surface area contributed by atoms with Gasteiger partial charge in [-0.25, -0.2) is 4.79 Å². The van der Waals surface area contributed by atoms with Gasteiger partial charge in [0, 0.05) is 23.1 Å². The molecule has 0 bridgehead atoms. The Morgan fingerprint density at radius 3 is 2.76 bits per heavy atom. The number of carbonyl (C=O) groups is 1. The molecule has 1 spiro atoms. The van der Waals surface area contributed by atoms with Gasteiger partial charge in [-0.15, -0.1) is 5.06 Å². The minimum absolute atomic E-state index is 0.406. The number of nitrogens with one attached hydrogen (secondary N) is 2. The first-order valence-electron chi connectivity index (χ1n) is 9.37. The summed E-state index contributed by atoms with van der Waals surface area (Å²) in [5, 5.41) is 4.41. The molecule has 2 heterocycles. The fourth-order valence-electron chi connectivity index (χ4n) is 3.43. The van der Waals surface area contributed by atoms with Crippen LogP contribution in [0.5, 0.6) is 5.75 Å². The van der Waals surface area contributed by atoms with E-state index >= 15 is 0 Å². The molecule has 7 nitrogen and oxygen atoms in total. The molecule has 29 heavy (non-hydrogen) atoms. The fourth-order valence-corrected chi connectivity index (χ4v) is 3.81. The molecule has 2 N–H and O–H groups in total. The van der Waals surface area contributed by atoms with Crippen molar-refractivity contribution in [3.63, 3.8) is 0 Å². The standard InChI is InChI=1S/C21H22BrN3O4/c1-27-16-6-4-5-15(13-16)19-14-21(29-24-19)9-11-25(12-10-21)28-20(26)23-18-8-3-2-7-17(18)22/h2-8,13-14,24H,9-12H2,1H3,(H,23,26). The molecule has 0 atom stereocenters. The SMILES string of the molecule is COc1cccc(C2=CC3(CCN(OC(=O)Nc4ccccc4Br)CC3)ON2)c1. The van der Waals surface area contributed by atoms with Crippen LogP contribution in [0, 0.1) is 0 Å². The molecule has 2 aliphatic rings. The zero-order valence-electron chi connectivity index (χ0n) is 16.0. The molecule has 1 fully saturated rings. The van der Waals surface area contributed by atoms with Crippen molar-refractivity contribution in [2.24, 2.45) is 0 Å². The first-order chi connectivity index (χ1) is 14.1. The molecule has 4 rings (SSSR count). The average Bonchev–Trinajstić information content (AvgIpc) is 3.15. The second-order valence-corrected chi connectivity index (χ2v) is 7.83. The molecule has 2 aliphatic heterocycles. The molecule has 0 aromatic heterocycles. The zero-order valence-corrected chi connectivity index (χ0v) is 17.6. The Bertz CT molecular complexity index is 926. The van der Waals surface area contributed by atoms with E-state index in [9.17, 15) is 4.79 Å². The highest BCUT2D eigenvalue weighted by Crippen LogP contribution is 2.35. The summed E-state index contributed by atoms with van der Waals surface area (Å²) >= 11 is 3.40. The van der Waals surface area contributed by atoms with Gasteiger partial charge in [-0.2, -0.15) is 0 Å². The highest BCUT2D eigenvalue weighted by Gasteiger charge is 2.39. The topological polar surface area (TPSA) is 72.1 Å². The van der Waals surface area contributed by atoms with Crippen molar-refractivity contribution >= 4 is 33.4 Å². The summed E-state index contributed by atoms with van der Waals surface area (Å²) < 4.78 is 6.09. The lowest BCUT2D eigenvalue weighted by atomic mass is 9.91. The third-order valence-electron chi connectivity index (χ3n) is 5.04. The number of anilines is 1. The largest absolute Gasteiger partial charge is 0.497 e. The number of nitrogens with zero attached hydrogens (tertiary/aromatic N) is 1. The van der Waals surface area contributed by atoms with Crippen LogP contribution in [0.2, 0.25) is 0 Å². The minimum Gasteiger partial charge on any atom is -0.497 e. The van der Waals surface area contributed by atoms with Gasteiger partial charge in [0.15, 0.2) is 0 Å². The van der Waals surface area contributed by atoms with Crippen molar-refractivity contribution in [3.05, 3.63) is 64.6 Å². The lowest BCUT2D eigenvalue weighted by Crippen LogP contribution is -2.45. The van der Waals surface area contributed by atoms with Crippen molar-refractivity contribution in [3.8, 4) is 5.75 Å². The Morgan fingerprint density at radius 1 is 1.21 bits per heavy atom. The molecule has 1 saturated heterocycles. The van der Waals surface area contributed by atoms with Crippen molar-refractivity contribution in [2.75, 3.05) is 25.5 Å². The molecule has 0 saturated carbocycles. The molecule has 8 heteroatoms. The van der Waals surface area contributed by atoms with E-state index in [1.807, 2.05) is 42.5 Å². The van der Waals surface area contributed by atoms with Gasteiger partial charge in [0.25, 0.3) is 0 Å². The van der Waals surface area contributed by atoms with Crippen LogP contribution in [0.3, 0.4) is 0 Å². The van der Waals surface area contributed by atoms with Crippen LogP contribution in [-0.4, -0.2) is 37.0 Å². The molecule has 2 aromatic rings. The molecule has 0 aliphatic carbocycles. The summed E-state index contributed by atoms with van der Waals surface area (Å²) in [5.74, 6) is 0.797. The predicted molar refractivity (Wildman–Crippen MR) is 113 cm³/mol. The zero-order chi connectivity index (χ0) is 20.3. The summed E-state index contributed by atoms with van der Waals surface area (Å²) in [6.45, 7) is 1.15. The number of methoxy groups -OCH3 is 1. The van der Waals surface area contributed by atoms with Crippen LogP contribution in [0.15, 0.2) is 59.1 Å². The molecule has 0 radical (unpaired) electrons. The Morgan fingerprint density at radius 2 is 2.00 bits per heavy atom. The number of halogens is 1. The van der Waals surface area contributed by atoms with Crippen molar-refractivity contribution < 1.29 is 19.2 Å². The van der Waals surface area contributed by atoms with Gasteiger partial charge in [0.05, 0.1) is 18.5 Å². The van der Waals surface area contributed by atoms with Crippen LogP contribution in [-0.2, 0) is 9.68 Å². The smallest absolute Gasteiger partial charge is 0.430 e. The molecule has 2 aromatic carbocycles. The molecular weight excluding hydrogens is 438 g/mol. The Labute approximate surface area is 177 Å². The third-order valence-corrected chi connectivity index (χ3v) is 5.74. The third kappa shape index (κ3) is 4.55. The van der Waals surface area contributed by atoms with Gasteiger partial charge in [0.1, 0.15) is 11.4 Å². The monoisotopic (exact) mass is 459 g/mol. The Hall–Kier alpha value is -2.55. The average molecular weight is 460 g/mol. The first-order valence-corrected chi connectivity index (χ1v) is 10.2. The van der Waals surface area contributed by atoms with Gasteiger partial charge in [0.2, 0.25) is 0 Å². The van der Waals surface area contributed by atoms with E-state index in [0.29, 0.717) is 31.6 Å². The van der Waals surface area contributed by atoms with Gasteiger partial charge < -0.3 is 9.57 Å². The molecule has 0 unspecified atom stereocenters. The lowest BCUT2D eigenvalue weighted by Gasteiger charge is -2.35. The van der Waals surface area contributed by atoms with E-state index < -0.39 is 11.7 Å². The minimum atomic E-state index is -0.508. The number of piperidine rings is 1. The van der Waals surface area contributed by atoms with Gasteiger partial charge >= 0.3 is 6.09 Å². The van der Waals surface area contributed by atoms with E-state index in [2.05, 4.69) is 32.8 Å². The summed E-state index contributed by atoms with van der Waals surface area (Å²) in [6, 6.07) is 15.2. The second-order valence-electron chi connectivity index (χ2n) is 6.97. The van der Waals surface area contributed by atoms with Crippen LogP contribution in [0.1, 0.15) is 18.4 Å². The van der Waals surface area contributed by atoms with Crippen LogP contribution >= 0.6 is 15.9 Å². The quantitative estimate of drug-likeness (QED) is 0.708. The van der Waals surface area contributed by atoms with Gasteiger partial charge in [-0.3, -0.25) is 15.6 Å². The number of hydrogen-bond acceptors (Lipinski definition) is 6. The van der Waals surface area contributed by atoms with Crippen molar-refractivity contribution in [1.29, 1.82) is 0 Å². The summed E-state index contributed by atoms with van der Waals surface area (Å²) in [6.07, 6.45) is 3.01. The summed E-state index contributed by atoms with van der Waals surface area (Å²) in [4.78, 5) is 23.5. The number of ether oxygens (including phenoxy) is 1. The highest BCUT2D eigenvalue weighted by molar-refractivity contribution is 9.10. The van der Waals surface area contributed by atoms with Crippen LogP contribution < -0.4 is 15.5 Å². The van der Waals surface area contributed by atoms with E-state index in [-0.39, 0.29) is 0 Å². The van der Waals surface area contributed by atoms with E-state index in [1.165, 1.54) is 0 Å². The maximum atomic E-state index is 12.2. The summed E-state index contributed by atoms with van der Waals surface area (Å²) in [5.41, 5.74) is 5.23. The predicted octanol–water partition coefficient (Wildman–Crippen LogP) is 4.33. The van der Waals surface area contributed by atoms with E-state index in [4.69, 9.17) is 14.4 Å². The number of rotatable bonds is 4. The van der Waals surface area contributed by atoms with Crippen molar-refractivity contribution in [2.45, 2.75) is 18.4 Å². The maximum Gasteiger partial charge on any atom is 0.430 e. The number of hydrogen-bond donors (Lipinski definition) is 2. The van der Waals surface area contributed by atoms with Gasteiger partial charge in [-0.1, -0.05) is 24.3 Å². The Kier molecular flexibility index (Phi) is 5.75. The van der Waals surface area contributed by atoms with Crippen molar-refractivity contribution in [1.82, 2.24) is 10.5 Å². The second kappa shape index (κ2) is 8.44. The lowest BCUT2D eigenvalue weighted by molar-refractivity contribution is -0.153. The number of amides is 1. The van der Waals surface area contributed by atoms with Crippen LogP contribution in [0.4, 0.5) is 10.5 Å². The number of carbonyl (C=O) groups excluding carboxylic acids is 1. The van der Waals surface area contributed by atoms with E-state index in [0.717, 1.165) is 21.5 Å². The number of benzene rings is 2. The maximum absolute atomic E-state index is 12.2. The first kappa shape index (κ1) is 19.8. The summed E-state index contributed by atoms with van der Waals surface area (Å²) in [7, 11) is 1.65.